The minimum atomic E-state index is -0.912. The number of nitrogens with two attached hydrogens (primary N) is 1. The van der Waals surface area contributed by atoms with E-state index in [2.05, 4.69) is 5.32 Å². The fourth-order valence-corrected chi connectivity index (χ4v) is 1.68. The second-order valence-corrected chi connectivity index (χ2v) is 5.79. The summed E-state index contributed by atoms with van der Waals surface area (Å²) in [5.41, 5.74) is 6.62. The molecule has 0 amide bonds. The Kier molecular flexibility index (Phi) is 5.40. The fraction of sp³-hybridized carbons (Fsp3) is 0.500. The Bertz CT molecular complexity index is 440. The van der Waals surface area contributed by atoms with Gasteiger partial charge in [0.2, 0.25) is 0 Å². The maximum absolute atomic E-state index is 13.5. The van der Waals surface area contributed by atoms with Crippen LogP contribution < -0.4 is 15.8 Å². The molecular weight excluding hydrogens is 255 g/mol. The van der Waals surface area contributed by atoms with Gasteiger partial charge in [-0.1, -0.05) is 0 Å². The molecule has 0 radical (unpaired) electrons. The van der Waals surface area contributed by atoms with E-state index >= 15 is 0 Å². The monoisotopic (exact) mass is 274 g/mol. The van der Waals surface area contributed by atoms with Crippen molar-refractivity contribution in [3.05, 3.63) is 17.9 Å². The molecule has 0 aliphatic heterocycles. The van der Waals surface area contributed by atoms with Gasteiger partial charge in [0, 0.05) is 41.0 Å². The number of hydrogen-bond acceptors (Lipinski definition) is 4. The van der Waals surface area contributed by atoms with Gasteiger partial charge in [-0.05, 0) is 13.8 Å². The van der Waals surface area contributed by atoms with Crippen molar-refractivity contribution in [2.24, 2.45) is 0 Å². The maximum Gasteiger partial charge on any atom is 0.167 e. The summed E-state index contributed by atoms with van der Waals surface area (Å²) in [6.07, 6.45) is 1.64. The zero-order chi connectivity index (χ0) is 13.7. The standard InChI is InChI=1S/C12H19FN2O2S/c1-4-17-12-6-11(10(14)5-9(12)13)15-7-8(2)18(3)16/h5-6,8,15H,4,7,14H2,1-3H3. The van der Waals surface area contributed by atoms with Gasteiger partial charge in [-0.3, -0.25) is 4.21 Å². The molecule has 6 heteroatoms. The van der Waals surface area contributed by atoms with Crippen molar-refractivity contribution in [1.82, 2.24) is 0 Å². The van der Waals surface area contributed by atoms with Gasteiger partial charge in [0.1, 0.15) is 0 Å². The van der Waals surface area contributed by atoms with E-state index in [0.717, 1.165) is 0 Å². The fourth-order valence-electron chi connectivity index (χ4n) is 1.36. The number of anilines is 2. The molecule has 102 valence electrons. The second kappa shape index (κ2) is 6.58. The smallest absolute Gasteiger partial charge is 0.167 e. The first-order valence-corrected chi connectivity index (χ1v) is 7.35. The van der Waals surface area contributed by atoms with Gasteiger partial charge in [0.15, 0.2) is 11.6 Å². The summed E-state index contributed by atoms with van der Waals surface area (Å²) >= 11 is 0. The lowest BCUT2D eigenvalue weighted by Gasteiger charge is -2.14. The quantitative estimate of drug-likeness (QED) is 0.779. The van der Waals surface area contributed by atoms with Crippen molar-refractivity contribution in [1.29, 1.82) is 0 Å². The van der Waals surface area contributed by atoms with Gasteiger partial charge in [0.05, 0.1) is 18.0 Å². The van der Waals surface area contributed by atoms with Crippen LogP contribution in [0.2, 0.25) is 0 Å². The molecular formula is C12H19FN2O2S. The average molecular weight is 274 g/mol. The lowest BCUT2D eigenvalue weighted by atomic mass is 10.2. The van der Waals surface area contributed by atoms with Crippen molar-refractivity contribution in [3.63, 3.8) is 0 Å². The van der Waals surface area contributed by atoms with E-state index in [1.807, 2.05) is 6.92 Å². The molecule has 0 aliphatic carbocycles. The van der Waals surface area contributed by atoms with Crippen LogP contribution >= 0.6 is 0 Å². The molecule has 1 aromatic rings. The summed E-state index contributed by atoms with van der Waals surface area (Å²) in [4.78, 5) is 0. The van der Waals surface area contributed by atoms with E-state index in [1.54, 1.807) is 13.2 Å². The van der Waals surface area contributed by atoms with Gasteiger partial charge in [-0.25, -0.2) is 4.39 Å². The highest BCUT2D eigenvalue weighted by Crippen LogP contribution is 2.28. The first kappa shape index (κ1) is 14.8. The summed E-state index contributed by atoms with van der Waals surface area (Å²) in [5, 5.41) is 3.05. The molecule has 3 N–H and O–H groups in total. The van der Waals surface area contributed by atoms with Crippen LogP contribution in [-0.4, -0.2) is 28.9 Å². The van der Waals surface area contributed by atoms with Crippen molar-refractivity contribution < 1.29 is 13.3 Å². The minimum absolute atomic E-state index is 0.00926. The lowest BCUT2D eigenvalue weighted by molar-refractivity contribution is 0.322. The van der Waals surface area contributed by atoms with Crippen molar-refractivity contribution >= 4 is 22.2 Å². The topological polar surface area (TPSA) is 64.3 Å². The van der Waals surface area contributed by atoms with E-state index in [-0.39, 0.29) is 11.0 Å². The van der Waals surface area contributed by atoms with E-state index < -0.39 is 16.6 Å². The molecule has 0 fully saturated rings. The highest BCUT2D eigenvalue weighted by Gasteiger charge is 2.11. The number of nitrogen functional groups attached to an aromatic ring is 1. The highest BCUT2D eigenvalue weighted by molar-refractivity contribution is 7.84. The number of rotatable bonds is 6. The largest absolute Gasteiger partial charge is 0.491 e. The third-order valence-electron chi connectivity index (χ3n) is 2.55. The number of ether oxygens (including phenoxy) is 1. The summed E-state index contributed by atoms with van der Waals surface area (Å²) in [6, 6.07) is 2.75. The zero-order valence-electron chi connectivity index (χ0n) is 10.8. The average Bonchev–Trinajstić information content (AvgIpc) is 2.30. The molecule has 0 aliphatic rings. The molecule has 0 saturated heterocycles. The molecule has 0 spiro atoms. The third kappa shape index (κ3) is 3.87. The van der Waals surface area contributed by atoms with Crippen molar-refractivity contribution in [3.8, 4) is 5.75 Å². The zero-order valence-corrected chi connectivity index (χ0v) is 11.6. The van der Waals surface area contributed by atoms with Gasteiger partial charge >= 0.3 is 0 Å². The molecule has 0 bridgehead atoms. The molecule has 2 unspecified atom stereocenters. The number of nitrogens with one attached hydrogen (secondary N) is 1. The molecule has 0 heterocycles. The predicted molar refractivity (Wildman–Crippen MR) is 74.0 cm³/mol. The SMILES string of the molecule is CCOc1cc(NCC(C)S(C)=O)c(N)cc1F. The number of halogens is 1. The first-order chi connectivity index (χ1) is 8.45. The van der Waals surface area contributed by atoms with Gasteiger partial charge in [0.25, 0.3) is 0 Å². The lowest BCUT2D eigenvalue weighted by Crippen LogP contribution is -2.21. The molecule has 4 nitrogen and oxygen atoms in total. The third-order valence-corrected chi connectivity index (χ3v) is 3.85. The van der Waals surface area contributed by atoms with Gasteiger partial charge in [-0.15, -0.1) is 0 Å². The van der Waals surface area contributed by atoms with E-state index in [9.17, 15) is 8.60 Å². The molecule has 0 aromatic heterocycles. The van der Waals surface area contributed by atoms with Gasteiger partial charge in [-0.2, -0.15) is 0 Å². The first-order valence-electron chi connectivity index (χ1n) is 5.73. The Labute approximate surface area is 109 Å². The summed E-state index contributed by atoms with van der Waals surface area (Å²) in [7, 11) is -0.912. The second-order valence-electron chi connectivity index (χ2n) is 3.99. The molecule has 1 rings (SSSR count). The Balaban J connectivity index is 2.81. The Morgan fingerprint density at radius 1 is 1.56 bits per heavy atom. The summed E-state index contributed by atoms with van der Waals surface area (Å²) < 4.78 is 29.8. The van der Waals surface area contributed by atoms with Crippen molar-refractivity contribution in [2.45, 2.75) is 19.1 Å². The Morgan fingerprint density at radius 3 is 2.78 bits per heavy atom. The molecule has 1 aromatic carbocycles. The maximum atomic E-state index is 13.5. The minimum Gasteiger partial charge on any atom is -0.491 e. The Morgan fingerprint density at radius 2 is 2.22 bits per heavy atom. The van der Waals surface area contributed by atoms with Crippen LogP contribution in [0.15, 0.2) is 12.1 Å². The summed E-state index contributed by atoms with van der Waals surface area (Å²) in [5.74, 6) is -0.313. The molecule has 0 saturated carbocycles. The molecule has 18 heavy (non-hydrogen) atoms. The van der Waals surface area contributed by atoms with Gasteiger partial charge < -0.3 is 15.8 Å². The Hall–Kier alpha value is -1.30. The van der Waals surface area contributed by atoms with E-state index in [4.69, 9.17) is 10.5 Å². The van der Waals surface area contributed by atoms with Crippen LogP contribution in [0.5, 0.6) is 5.75 Å². The summed E-state index contributed by atoms with van der Waals surface area (Å²) in [6.45, 7) is 4.54. The van der Waals surface area contributed by atoms with Crippen molar-refractivity contribution in [2.75, 3.05) is 30.5 Å². The van der Waals surface area contributed by atoms with Crippen LogP contribution in [-0.2, 0) is 10.8 Å². The van der Waals surface area contributed by atoms with Crippen LogP contribution in [0.1, 0.15) is 13.8 Å². The normalized spacial score (nSPS) is 14.0. The van der Waals surface area contributed by atoms with E-state index in [0.29, 0.717) is 24.5 Å². The number of benzene rings is 1. The van der Waals surface area contributed by atoms with Crippen LogP contribution in [0.3, 0.4) is 0 Å². The van der Waals surface area contributed by atoms with Crippen LogP contribution in [0.25, 0.3) is 0 Å². The predicted octanol–water partition coefficient (Wildman–Crippen LogP) is 1.99. The number of hydrogen-bond donors (Lipinski definition) is 2. The molecule has 2 atom stereocenters. The highest BCUT2D eigenvalue weighted by atomic mass is 32.2. The van der Waals surface area contributed by atoms with Crippen LogP contribution in [0.4, 0.5) is 15.8 Å². The van der Waals surface area contributed by atoms with E-state index in [1.165, 1.54) is 12.1 Å². The van der Waals surface area contributed by atoms with Crippen LogP contribution in [0, 0.1) is 5.82 Å².